The number of nitrogens with zero attached hydrogens (tertiary/aromatic N) is 2. The number of benzene rings is 4. The highest BCUT2D eigenvalue weighted by molar-refractivity contribution is 6.13. The summed E-state index contributed by atoms with van der Waals surface area (Å²) in [7, 11) is 0. The van der Waals surface area contributed by atoms with Gasteiger partial charge < -0.3 is 11.1 Å². The summed E-state index contributed by atoms with van der Waals surface area (Å²) < 4.78 is -0.287. The number of fused-ring (bicyclic) bond motifs is 1. The van der Waals surface area contributed by atoms with Gasteiger partial charge in [-0.25, -0.2) is 4.79 Å². The van der Waals surface area contributed by atoms with E-state index in [2.05, 4.69) is 41.0 Å². The van der Waals surface area contributed by atoms with Crippen LogP contribution in [0.4, 0.5) is 21.9 Å². The highest BCUT2D eigenvalue weighted by Gasteiger charge is 2.46. The van der Waals surface area contributed by atoms with Crippen molar-refractivity contribution in [3.8, 4) is 11.1 Å². The Morgan fingerprint density at radius 2 is 1.54 bits per heavy atom. The molecule has 7 heteroatoms. The summed E-state index contributed by atoms with van der Waals surface area (Å²) >= 11 is 0. The molecule has 4 N–H and O–H groups in total. The van der Waals surface area contributed by atoms with Crippen LogP contribution in [-0.2, 0) is 11.3 Å². The normalized spacial score (nSPS) is 19.6. The summed E-state index contributed by atoms with van der Waals surface area (Å²) in [6, 6.07) is 33.3. The fourth-order valence-corrected chi connectivity index (χ4v) is 6.69. The fourth-order valence-electron chi connectivity index (χ4n) is 6.69. The number of hydrogen-bond donors (Lipinski definition) is 3. The van der Waals surface area contributed by atoms with Gasteiger partial charge in [0, 0.05) is 34.9 Å². The van der Waals surface area contributed by atoms with Crippen LogP contribution in [0.25, 0.3) is 11.1 Å². The average Bonchev–Trinajstić information content (AvgIpc) is 3.23. The molecule has 0 spiro atoms. The van der Waals surface area contributed by atoms with Gasteiger partial charge in [0.05, 0.1) is 11.7 Å². The van der Waals surface area contributed by atoms with E-state index in [0.29, 0.717) is 17.9 Å². The molecule has 4 aromatic rings. The molecule has 1 aliphatic heterocycles. The van der Waals surface area contributed by atoms with Crippen molar-refractivity contribution in [3.63, 3.8) is 0 Å². The zero-order valence-corrected chi connectivity index (χ0v) is 26.8. The van der Waals surface area contributed by atoms with Crippen LogP contribution in [0.5, 0.6) is 0 Å². The molecule has 46 heavy (non-hydrogen) atoms. The molecule has 4 aromatic carbocycles. The van der Waals surface area contributed by atoms with Gasteiger partial charge in [0.2, 0.25) is 5.91 Å². The lowest BCUT2D eigenvalue weighted by Crippen LogP contribution is -2.51. The predicted octanol–water partition coefficient (Wildman–Crippen LogP) is 8.70. The number of nitrogens with one attached hydrogen (secondary N) is 2. The summed E-state index contributed by atoms with van der Waals surface area (Å²) in [5.74, 6) is 0.0983. The SMILES string of the molecule is CC[C@H](C)[C@H](N)C(=O)Nc1ccc([N+]2(Cc3ccccc3-c3ccccc3)N=C(C3CCCCC3)c3ccccc3NC2=O)cc1. The van der Waals surface area contributed by atoms with Crippen LogP contribution in [0, 0.1) is 11.8 Å². The molecule has 1 heterocycles. The maximum Gasteiger partial charge on any atom is 0.453 e. The van der Waals surface area contributed by atoms with Crippen LogP contribution in [0.1, 0.15) is 63.5 Å². The van der Waals surface area contributed by atoms with Gasteiger partial charge in [0.1, 0.15) is 12.3 Å². The molecule has 6 rings (SSSR count). The standard InChI is InChI=1S/C39H43N5O2/c1-3-27(2)36(40)38(45)41-31-22-24-32(25-23-31)44(26-30-18-10-11-19-33(30)28-14-6-4-7-15-28)39(46)42-35-21-13-12-20-34(35)37(43-44)29-16-8-5-9-17-29/h4,6-7,10-15,18-25,27,29,36H,3,5,8-9,16-17,26,40H2,1-2H3,(H-,41,42,43,45,46)/p+1/t27-,36-,44?/m0/s1. The van der Waals surface area contributed by atoms with Crippen molar-refractivity contribution in [2.45, 2.75) is 65.0 Å². The first kappa shape index (κ1) is 31.4. The number of urea groups is 1. The van der Waals surface area contributed by atoms with E-state index in [-0.39, 0.29) is 28.4 Å². The lowest BCUT2D eigenvalue weighted by molar-refractivity contribution is -0.118. The van der Waals surface area contributed by atoms with Crippen molar-refractivity contribution in [2.24, 2.45) is 22.7 Å². The van der Waals surface area contributed by atoms with Crippen molar-refractivity contribution in [1.29, 1.82) is 0 Å². The highest BCUT2D eigenvalue weighted by Crippen LogP contribution is 2.39. The van der Waals surface area contributed by atoms with E-state index < -0.39 is 6.04 Å². The molecule has 3 atom stereocenters. The molecule has 0 saturated heterocycles. The maximum absolute atomic E-state index is 14.7. The van der Waals surface area contributed by atoms with Crippen LogP contribution >= 0.6 is 0 Å². The molecular formula is C39H44N5O2+. The van der Waals surface area contributed by atoms with Crippen molar-refractivity contribution in [1.82, 2.24) is 4.59 Å². The Bertz CT molecular complexity index is 1710. The third kappa shape index (κ3) is 6.39. The molecule has 0 aromatic heterocycles. The van der Waals surface area contributed by atoms with Crippen molar-refractivity contribution in [3.05, 3.63) is 114 Å². The Morgan fingerprint density at radius 1 is 0.891 bits per heavy atom. The van der Waals surface area contributed by atoms with Gasteiger partial charge >= 0.3 is 6.03 Å². The van der Waals surface area contributed by atoms with E-state index in [1.807, 2.05) is 86.6 Å². The zero-order valence-electron chi connectivity index (χ0n) is 26.8. The van der Waals surface area contributed by atoms with E-state index >= 15 is 0 Å². The molecule has 1 unspecified atom stereocenters. The number of quaternary nitrogens is 1. The monoisotopic (exact) mass is 614 g/mol. The first-order chi connectivity index (χ1) is 22.4. The molecule has 2 aliphatic rings. The highest BCUT2D eigenvalue weighted by atomic mass is 16.2. The second-order valence-electron chi connectivity index (χ2n) is 12.7. The number of hydrogen-bond acceptors (Lipinski definition) is 4. The summed E-state index contributed by atoms with van der Waals surface area (Å²) in [4.78, 5) is 27.6. The largest absolute Gasteiger partial charge is 0.453 e. The molecule has 236 valence electrons. The van der Waals surface area contributed by atoms with E-state index in [9.17, 15) is 9.59 Å². The lowest BCUT2D eigenvalue weighted by Gasteiger charge is -2.31. The summed E-state index contributed by atoms with van der Waals surface area (Å²) in [5.41, 5.74) is 13.5. The third-order valence-electron chi connectivity index (χ3n) is 9.67. The Morgan fingerprint density at radius 3 is 2.26 bits per heavy atom. The van der Waals surface area contributed by atoms with Gasteiger partial charge in [-0.1, -0.05) is 122 Å². The molecule has 1 saturated carbocycles. The Balaban J connectivity index is 1.49. The molecular weight excluding hydrogens is 570 g/mol. The van der Waals surface area contributed by atoms with Gasteiger partial charge in [-0.3, -0.25) is 10.1 Å². The number of anilines is 2. The summed E-state index contributed by atoms with van der Waals surface area (Å²) in [6.07, 6.45) is 6.43. The molecule has 1 fully saturated rings. The Kier molecular flexibility index (Phi) is 9.43. The second-order valence-corrected chi connectivity index (χ2v) is 12.7. The number of rotatable bonds is 9. The van der Waals surface area contributed by atoms with Crippen LogP contribution in [0.2, 0.25) is 0 Å². The van der Waals surface area contributed by atoms with E-state index in [1.54, 1.807) is 0 Å². The van der Waals surface area contributed by atoms with Gasteiger partial charge in [-0.15, -0.1) is 0 Å². The minimum Gasteiger partial charge on any atom is -0.325 e. The molecule has 0 radical (unpaired) electrons. The third-order valence-corrected chi connectivity index (χ3v) is 9.67. The summed E-state index contributed by atoms with van der Waals surface area (Å²) in [5, 5.41) is 11.8. The fraction of sp³-hybridized carbons (Fsp3) is 0.308. The van der Waals surface area contributed by atoms with Gasteiger partial charge in [0.25, 0.3) is 0 Å². The minimum atomic E-state index is -0.602. The number of nitrogens with two attached hydrogens (primary N) is 1. The van der Waals surface area contributed by atoms with Crippen molar-refractivity contribution < 1.29 is 9.59 Å². The van der Waals surface area contributed by atoms with Crippen LogP contribution in [-0.4, -0.2) is 23.7 Å². The van der Waals surface area contributed by atoms with Gasteiger partial charge in [0.15, 0.2) is 5.69 Å². The molecule has 7 nitrogen and oxygen atoms in total. The average molecular weight is 615 g/mol. The second kappa shape index (κ2) is 13.8. The molecule has 0 bridgehead atoms. The van der Waals surface area contributed by atoms with E-state index in [4.69, 9.17) is 10.8 Å². The maximum atomic E-state index is 14.7. The number of carbonyl (C=O) groups is 2. The predicted molar refractivity (Wildman–Crippen MR) is 188 cm³/mol. The van der Waals surface area contributed by atoms with Gasteiger partial charge in [-0.05, 0) is 48.1 Å². The van der Waals surface area contributed by atoms with Crippen LogP contribution < -0.4 is 21.0 Å². The first-order valence-electron chi connectivity index (χ1n) is 16.6. The number of carbonyl (C=O) groups excluding carboxylic acids is 2. The summed E-state index contributed by atoms with van der Waals surface area (Å²) in [6.45, 7) is 4.32. The topological polar surface area (TPSA) is 96.6 Å². The lowest BCUT2D eigenvalue weighted by atomic mass is 9.83. The minimum absolute atomic E-state index is 0.0627. The van der Waals surface area contributed by atoms with Crippen molar-refractivity contribution in [2.75, 3.05) is 10.6 Å². The number of para-hydroxylation sites is 1. The molecule has 3 amide bonds. The quantitative estimate of drug-likeness (QED) is 0.165. The Labute approximate surface area is 272 Å². The van der Waals surface area contributed by atoms with Crippen LogP contribution in [0.3, 0.4) is 0 Å². The Hall–Kier alpha value is -4.59. The van der Waals surface area contributed by atoms with Crippen molar-refractivity contribution >= 4 is 34.7 Å². The zero-order chi connectivity index (χ0) is 32.1. The molecule has 1 aliphatic carbocycles. The first-order valence-corrected chi connectivity index (χ1v) is 16.6. The number of amides is 3. The smallest absolute Gasteiger partial charge is 0.325 e. The van der Waals surface area contributed by atoms with E-state index in [0.717, 1.165) is 65.8 Å². The van der Waals surface area contributed by atoms with E-state index in [1.165, 1.54) is 6.42 Å². The van der Waals surface area contributed by atoms with Crippen LogP contribution in [0.15, 0.2) is 108 Å². The van der Waals surface area contributed by atoms with Gasteiger partial charge in [-0.2, -0.15) is 0 Å².